The number of nitrogens with zero attached hydrogens (tertiary/aromatic N) is 4. The van der Waals surface area contributed by atoms with Crippen LogP contribution in [0.15, 0.2) is 18.5 Å². The first-order valence-electron chi connectivity index (χ1n) is 9.88. The minimum atomic E-state index is -0.418. The van der Waals surface area contributed by atoms with E-state index in [4.69, 9.17) is 10.00 Å². The zero-order valence-electron chi connectivity index (χ0n) is 17.3. The van der Waals surface area contributed by atoms with E-state index in [1.165, 1.54) is 0 Å². The molecular formula is C21H27N5O3. The highest BCUT2D eigenvalue weighted by Gasteiger charge is 2.34. The van der Waals surface area contributed by atoms with E-state index in [2.05, 4.69) is 21.8 Å². The second kappa shape index (κ2) is 8.52. The van der Waals surface area contributed by atoms with Gasteiger partial charge in [0.2, 0.25) is 5.91 Å². The molecule has 0 bridgehead atoms. The first kappa shape index (κ1) is 20.6. The largest absolute Gasteiger partial charge is 0.459 e. The van der Waals surface area contributed by atoms with E-state index in [9.17, 15) is 9.59 Å². The van der Waals surface area contributed by atoms with Gasteiger partial charge in [-0.05, 0) is 32.3 Å². The van der Waals surface area contributed by atoms with Crippen molar-refractivity contribution in [3.05, 3.63) is 24.0 Å². The number of likely N-dealkylation sites (N-methyl/N-ethyl adjacent to an activating group) is 1. The molecule has 2 aromatic heterocycles. The van der Waals surface area contributed by atoms with Gasteiger partial charge in [0, 0.05) is 44.0 Å². The van der Waals surface area contributed by atoms with Gasteiger partial charge in [-0.15, -0.1) is 0 Å². The van der Waals surface area contributed by atoms with Crippen LogP contribution in [0.3, 0.4) is 0 Å². The van der Waals surface area contributed by atoms with Gasteiger partial charge in [-0.2, -0.15) is 5.26 Å². The molecule has 1 saturated heterocycles. The van der Waals surface area contributed by atoms with Gasteiger partial charge in [0.15, 0.2) is 0 Å². The fourth-order valence-corrected chi connectivity index (χ4v) is 3.93. The van der Waals surface area contributed by atoms with Crippen molar-refractivity contribution < 1.29 is 14.3 Å². The van der Waals surface area contributed by atoms with E-state index < -0.39 is 5.97 Å². The quantitative estimate of drug-likeness (QED) is 0.778. The Labute approximate surface area is 170 Å². The molecule has 3 rings (SSSR count). The van der Waals surface area contributed by atoms with Crippen LogP contribution in [0, 0.1) is 17.2 Å². The summed E-state index contributed by atoms with van der Waals surface area (Å²) in [6.45, 7) is 6.92. The minimum absolute atomic E-state index is 0.00232. The van der Waals surface area contributed by atoms with Gasteiger partial charge >= 0.3 is 5.97 Å². The number of hydrogen-bond acceptors (Lipinski definition) is 6. The summed E-state index contributed by atoms with van der Waals surface area (Å²) < 4.78 is 5.44. The molecule has 29 heavy (non-hydrogen) atoms. The molecule has 8 nitrogen and oxygen atoms in total. The van der Waals surface area contributed by atoms with E-state index in [-0.39, 0.29) is 24.5 Å². The summed E-state index contributed by atoms with van der Waals surface area (Å²) in [5.74, 6) is -0.264. The average Bonchev–Trinajstić information content (AvgIpc) is 3.15. The molecule has 1 fully saturated rings. The lowest BCUT2D eigenvalue weighted by Gasteiger charge is -2.43. The van der Waals surface area contributed by atoms with Gasteiger partial charge in [0.25, 0.3) is 0 Å². The number of piperidine rings is 1. The number of H-pyrrole nitrogens is 1. The molecule has 3 heterocycles. The summed E-state index contributed by atoms with van der Waals surface area (Å²) in [4.78, 5) is 36.3. The molecule has 0 radical (unpaired) electrons. The van der Waals surface area contributed by atoms with E-state index in [0.29, 0.717) is 30.2 Å². The summed E-state index contributed by atoms with van der Waals surface area (Å²) in [5, 5.41) is 9.70. The Morgan fingerprint density at radius 1 is 1.48 bits per heavy atom. The van der Waals surface area contributed by atoms with Crippen molar-refractivity contribution in [2.45, 2.75) is 45.8 Å². The van der Waals surface area contributed by atoms with Gasteiger partial charge in [-0.25, -0.2) is 9.78 Å². The number of carbonyl (C=O) groups is 2. The number of fused-ring (bicyclic) bond motifs is 1. The lowest BCUT2D eigenvalue weighted by Crippen LogP contribution is -2.52. The number of pyridine rings is 1. The minimum Gasteiger partial charge on any atom is -0.459 e. The summed E-state index contributed by atoms with van der Waals surface area (Å²) in [7, 11) is 1.94. The van der Waals surface area contributed by atoms with Crippen LogP contribution in [0.5, 0.6) is 0 Å². The van der Waals surface area contributed by atoms with Crippen LogP contribution in [0.4, 0.5) is 5.69 Å². The Balaban J connectivity index is 1.99. The van der Waals surface area contributed by atoms with Crippen molar-refractivity contribution in [3.63, 3.8) is 0 Å². The number of anilines is 1. The van der Waals surface area contributed by atoms with Crippen LogP contribution in [-0.2, 0) is 9.53 Å². The van der Waals surface area contributed by atoms with Gasteiger partial charge in [-0.1, -0.05) is 6.92 Å². The third-order valence-electron chi connectivity index (χ3n) is 5.47. The number of rotatable bonds is 5. The Hall–Kier alpha value is -3.08. The smallest absolute Gasteiger partial charge is 0.342 e. The highest BCUT2D eigenvalue weighted by atomic mass is 16.5. The van der Waals surface area contributed by atoms with Crippen molar-refractivity contribution in [3.8, 4) is 6.07 Å². The summed E-state index contributed by atoms with van der Waals surface area (Å²) in [6, 6.07) is 3.83. The van der Waals surface area contributed by atoms with Crippen LogP contribution in [0.25, 0.3) is 11.0 Å². The highest BCUT2D eigenvalue weighted by Crippen LogP contribution is 2.34. The topological polar surface area (TPSA) is 102 Å². The first-order valence-corrected chi connectivity index (χ1v) is 9.88. The summed E-state index contributed by atoms with van der Waals surface area (Å²) >= 11 is 0. The molecule has 1 aliphatic rings. The zero-order valence-corrected chi connectivity index (χ0v) is 17.3. The first-order chi connectivity index (χ1) is 13.8. The van der Waals surface area contributed by atoms with Crippen molar-refractivity contribution in [2.24, 2.45) is 5.92 Å². The number of nitrogens with one attached hydrogen (secondary N) is 1. The van der Waals surface area contributed by atoms with Gasteiger partial charge in [0.1, 0.15) is 17.6 Å². The fraction of sp³-hybridized carbons (Fsp3) is 0.524. The predicted octanol–water partition coefficient (Wildman–Crippen LogP) is 2.71. The van der Waals surface area contributed by atoms with Gasteiger partial charge in [0.05, 0.1) is 17.9 Å². The standard InChI is InChI=1S/C21H27N5O3/c1-13(2)29-21(28)16-11-24-20-15(6-9-23-20)19(16)25(4)17-12-26(10-7-14(17)3)18(27)5-8-22/h6,9,11,13-14,17H,5,7,10,12H2,1-4H3,(H,23,24)/t14-,17+/m0/s1. The highest BCUT2D eigenvalue weighted by molar-refractivity contribution is 6.04. The third-order valence-corrected chi connectivity index (χ3v) is 5.47. The van der Waals surface area contributed by atoms with E-state index >= 15 is 0 Å². The maximum atomic E-state index is 12.8. The van der Waals surface area contributed by atoms with Gasteiger partial charge < -0.3 is 19.5 Å². The SMILES string of the molecule is CC(C)OC(=O)c1cnc2[nH]ccc2c1N(C)[C@@H]1CN(C(=O)CC#N)CC[C@@H]1C. The molecule has 1 aliphatic heterocycles. The molecule has 2 atom stereocenters. The lowest BCUT2D eigenvalue weighted by atomic mass is 9.91. The Bertz CT molecular complexity index is 945. The molecule has 2 aromatic rings. The number of amides is 1. The van der Waals surface area contributed by atoms with E-state index in [1.807, 2.05) is 33.0 Å². The molecule has 0 aliphatic carbocycles. The van der Waals surface area contributed by atoms with Crippen LogP contribution in [-0.4, -0.2) is 59.0 Å². The predicted molar refractivity (Wildman–Crippen MR) is 109 cm³/mol. The van der Waals surface area contributed by atoms with Crippen LogP contribution >= 0.6 is 0 Å². The third kappa shape index (κ3) is 4.19. The van der Waals surface area contributed by atoms with Crippen molar-refractivity contribution in [2.75, 3.05) is 25.0 Å². The summed E-state index contributed by atoms with van der Waals surface area (Å²) in [5.41, 5.74) is 1.84. The molecule has 154 valence electrons. The maximum Gasteiger partial charge on any atom is 0.342 e. The number of carbonyl (C=O) groups excluding carboxylic acids is 2. The van der Waals surface area contributed by atoms with Crippen molar-refractivity contribution >= 4 is 28.6 Å². The van der Waals surface area contributed by atoms with Crippen molar-refractivity contribution in [1.29, 1.82) is 5.26 Å². The normalized spacial score (nSPS) is 19.2. The number of likely N-dealkylation sites (tertiary alicyclic amines) is 1. The van der Waals surface area contributed by atoms with Crippen LogP contribution in [0.1, 0.15) is 44.0 Å². The molecule has 1 amide bonds. The molecule has 8 heteroatoms. The van der Waals surface area contributed by atoms with E-state index in [1.54, 1.807) is 17.3 Å². The summed E-state index contributed by atoms with van der Waals surface area (Å²) in [6.07, 6.45) is 3.81. The maximum absolute atomic E-state index is 12.8. The number of hydrogen-bond donors (Lipinski definition) is 1. The fourth-order valence-electron chi connectivity index (χ4n) is 3.93. The number of ether oxygens (including phenoxy) is 1. The van der Waals surface area contributed by atoms with E-state index in [0.717, 1.165) is 17.5 Å². The zero-order chi connectivity index (χ0) is 21.1. The Morgan fingerprint density at radius 2 is 2.24 bits per heavy atom. The van der Waals surface area contributed by atoms with Crippen molar-refractivity contribution in [1.82, 2.24) is 14.9 Å². The molecule has 0 aromatic carbocycles. The number of aromatic nitrogens is 2. The Kier molecular flexibility index (Phi) is 6.06. The molecule has 1 N–H and O–H groups in total. The second-order valence-electron chi connectivity index (χ2n) is 7.83. The number of aromatic amines is 1. The molecule has 0 saturated carbocycles. The van der Waals surface area contributed by atoms with Crippen LogP contribution < -0.4 is 4.90 Å². The molecular weight excluding hydrogens is 370 g/mol. The molecule has 0 unspecified atom stereocenters. The Morgan fingerprint density at radius 3 is 2.93 bits per heavy atom. The number of esters is 1. The lowest BCUT2D eigenvalue weighted by molar-refractivity contribution is -0.131. The average molecular weight is 397 g/mol. The monoisotopic (exact) mass is 397 g/mol. The van der Waals surface area contributed by atoms with Gasteiger partial charge in [-0.3, -0.25) is 4.79 Å². The second-order valence-corrected chi connectivity index (χ2v) is 7.83. The number of nitriles is 1. The van der Waals surface area contributed by atoms with Crippen LogP contribution in [0.2, 0.25) is 0 Å². The molecule has 0 spiro atoms.